The van der Waals surface area contributed by atoms with Gasteiger partial charge in [-0.2, -0.15) is 0 Å². The Labute approximate surface area is 221 Å². The summed E-state index contributed by atoms with van der Waals surface area (Å²) in [6.45, 7) is 2.16. The molecule has 1 amide bonds. The maximum Gasteiger partial charge on any atom is 0.469 e. The van der Waals surface area contributed by atoms with E-state index in [9.17, 15) is 9.36 Å². The Morgan fingerprint density at radius 1 is 0.897 bits per heavy atom. The Bertz CT molecular complexity index is 470. The van der Waals surface area contributed by atoms with Gasteiger partial charge in [-0.15, -0.1) is 0 Å². The summed E-state index contributed by atoms with van der Waals surface area (Å²) >= 11 is 0. The first kappa shape index (κ1) is 34.7. The van der Waals surface area contributed by atoms with Gasteiger partial charge in [-0.3, -0.25) is 9.32 Å². The maximum absolute atomic E-state index is 11.5. The zero-order valence-electron chi connectivity index (χ0n) is 18.8. The van der Waals surface area contributed by atoms with Crippen LogP contribution in [0.3, 0.4) is 0 Å². The molecule has 29 heavy (non-hydrogen) atoms. The van der Waals surface area contributed by atoms with E-state index in [1.165, 1.54) is 38.5 Å². The van der Waals surface area contributed by atoms with Crippen molar-refractivity contribution in [3.8, 4) is 0 Å². The minimum atomic E-state index is -4.44. The monoisotopic (exact) mass is 449 g/mol. The number of phosphoric ester groups is 1. The van der Waals surface area contributed by atoms with Crippen LogP contribution in [0.2, 0.25) is 0 Å². The molecule has 0 aliphatic rings. The second kappa shape index (κ2) is 25.3. The average Bonchev–Trinajstić information content (AvgIpc) is 2.61. The number of amides is 1. The van der Waals surface area contributed by atoms with Crippen LogP contribution in [0.15, 0.2) is 24.3 Å². The van der Waals surface area contributed by atoms with Crippen molar-refractivity contribution in [1.82, 2.24) is 5.32 Å². The largest absolute Gasteiger partial charge is 0.469 e. The van der Waals surface area contributed by atoms with E-state index in [2.05, 4.69) is 41.1 Å². The fourth-order valence-electron chi connectivity index (χ4n) is 2.54. The third-order valence-electron chi connectivity index (χ3n) is 4.04. The molecule has 0 unspecified atom stereocenters. The molecular formula is C20H38NNa2O5P. The van der Waals surface area contributed by atoms with Gasteiger partial charge in [-0.25, -0.2) is 4.57 Å². The Morgan fingerprint density at radius 2 is 1.45 bits per heavy atom. The van der Waals surface area contributed by atoms with Crippen LogP contribution in [0.25, 0.3) is 0 Å². The fraction of sp³-hybridized carbons (Fsp3) is 0.750. The summed E-state index contributed by atoms with van der Waals surface area (Å²) in [6, 6.07) is 0. The summed E-state index contributed by atoms with van der Waals surface area (Å²) in [5.41, 5.74) is 0. The standard InChI is InChI=1S/C20H38NO5P.2Na/c1-2-3-4-5-6-7-8-9-10-11-12-13-14-15-16-17-20(22)21-18-19-26-27(23,24)25;;/h6-7,9-10H,2-5,8,11-19H2,1H3,(H,21,22)(H2,23,24,25);;. The van der Waals surface area contributed by atoms with Crippen molar-refractivity contribution in [3.05, 3.63) is 24.3 Å². The van der Waals surface area contributed by atoms with Crippen molar-refractivity contribution in [2.75, 3.05) is 13.2 Å². The molecule has 0 atom stereocenters. The molecule has 0 saturated heterocycles. The van der Waals surface area contributed by atoms with Crippen molar-refractivity contribution in [2.24, 2.45) is 0 Å². The van der Waals surface area contributed by atoms with E-state index >= 15 is 0 Å². The van der Waals surface area contributed by atoms with Gasteiger partial charge in [0.15, 0.2) is 0 Å². The number of hydrogen-bond acceptors (Lipinski definition) is 3. The fourth-order valence-corrected chi connectivity index (χ4v) is 2.87. The molecule has 0 spiro atoms. The number of nitrogens with one attached hydrogen (secondary N) is 1. The van der Waals surface area contributed by atoms with Crippen LogP contribution in [0.4, 0.5) is 0 Å². The molecule has 0 rings (SSSR count). The Kier molecular flexibility index (Phi) is 30.3. The van der Waals surface area contributed by atoms with Gasteiger partial charge in [0.05, 0.1) is 6.61 Å². The smallest absolute Gasteiger partial charge is 0.354 e. The van der Waals surface area contributed by atoms with Crippen molar-refractivity contribution < 1.29 is 23.7 Å². The molecule has 0 aromatic carbocycles. The van der Waals surface area contributed by atoms with Crippen LogP contribution in [0.5, 0.6) is 0 Å². The summed E-state index contributed by atoms with van der Waals surface area (Å²) < 4.78 is 14.7. The quantitative estimate of drug-likeness (QED) is 0.126. The van der Waals surface area contributed by atoms with Gasteiger partial charge in [0.1, 0.15) is 0 Å². The van der Waals surface area contributed by atoms with Crippen molar-refractivity contribution in [3.63, 3.8) is 0 Å². The zero-order chi connectivity index (χ0) is 20.2. The molecule has 160 valence electrons. The first-order valence-electron chi connectivity index (χ1n) is 10.2. The number of carbonyl (C=O) groups is 1. The van der Waals surface area contributed by atoms with Crippen LogP contribution < -0.4 is 5.32 Å². The summed E-state index contributed by atoms with van der Waals surface area (Å²) in [7, 11) is -4.44. The van der Waals surface area contributed by atoms with E-state index in [4.69, 9.17) is 9.79 Å². The van der Waals surface area contributed by atoms with Crippen LogP contribution in [0, 0.1) is 0 Å². The predicted molar refractivity (Wildman–Crippen MR) is 122 cm³/mol. The molecule has 0 heterocycles. The summed E-state index contributed by atoms with van der Waals surface area (Å²) in [4.78, 5) is 28.5. The maximum atomic E-state index is 11.5. The molecule has 0 aromatic rings. The van der Waals surface area contributed by atoms with Crippen molar-refractivity contribution in [2.45, 2.75) is 84.0 Å². The minimum Gasteiger partial charge on any atom is -0.354 e. The molecule has 3 N–H and O–H groups in total. The molecule has 0 aromatic heterocycles. The van der Waals surface area contributed by atoms with Crippen molar-refractivity contribution >= 4 is 72.8 Å². The molecular weight excluding hydrogens is 411 g/mol. The number of phosphoric acid groups is 1. The second-order valence-corrected chi connectivity index (χ2v) is 7.89. The van der Waals surface area contributed by atoms with E-state index in [0.717, 1.165) is 32.1 Å². The number of unbranched alkanes of at least 4 members (excludes halogenated alkanes) is 8. The van der Waals surface area contributed by atoms with E-state index in [1.807, 2.05) is 0 Å². The zero-order valence-corrected chi connectivity index (χ0v) is 23.7. The van der Waals surface area contributed by atoms with E-state index in [-0.39, 0.29) is 78.2 Å². The number of rotatable bonds is 18. The van der Waals surface area contributed by atoms with E-state index in [1.54, 1.807) is 0 Å². The molecule has 0 fully saturated rings. The average molecular weight is 449 g/mol. The molecule has 0 aliphatic carbocycles. The third kappa shape index (κ3) is 31.3. The number of allylic oxidation sites excluding steroid dienone is 4. The van der Waals surface area contributed by atoms with Crippen LogP contribution in [-0.4, -0.2) is 88.0 Å². The molecule has 0 bridgehead atoms. The molecule has 0 aliphatic heterocycles. The predicted octanol–water partition coefficient (Wildman–Crippen LogP) is 4.26. The summed E-state index contributed by atoms with van der Waals surface area (Å²) in [6.07, 6.45) is 22.0. The summed E-state index contributed by atoms with van der Waals surface area (Å²) in [5.74, 6) is -0.102. The first-order valence-corrected chi connectivity index (χ1v) is 11.8. The minimum absolute atomic E-state index is 0. The van der Waals surface area contributed by atoms with Gasteiger partial charge in [-0.1, -0.05) is 63.3 Å². The molecule has 9 heteroatoms. The van der Waals surface area contributed by atoms with Gasteiger partial charge in [-0.05, 0) is 38.5 Å². The molecule has 2 radical (unpaired) electrons. The molecule has 6 nitrogen and oxygen atoms in total. The van der Waals surface area contributed by atoms with E-state index < -0.39 is 7.82 Å². The first-order chi connectivity index (χ1) is 13.0. The van der Waals surface area contributed by atoms with Crippen LogP contribution >= 0.6 is 7.82 Å². The summed E-state index contributed by atoms with van der Waals surface area (Å²) in [5, 5.41) is 2.58. The Morgan fingerprint density at radius 3 is 2.03 bits per heavy atom. The topological polar surface area (TPSA) is 95.9 Å². The normalized spacial score (nSPS) is 11.4. The van der Waals surface area contributed by atoms with Gasteiger partial charge >= 0.3 is 7.82 Å². The third-order valence-corrected chi connectivity index (χ3v) is 4.56. The van der Waals surface area contributed by atoms with Gasteiger partial charge in [0, 0.05) is 72.1 Å². The van der Waals surface area contributed by atoms with E-state index in [0.29, 0.717) is 6.42 Å². The van der Waals surface area contributed by atoms with Gasteiger partial charge in [0.25, 0.3) is 0 Å². The molecule has 0 saturated carbocycles. The van der Waals surface area contributed by atoms with Gasteiger partial charge in [0.2, 0.25) is 5.91 Å². The van der Waals surface area contributed by atoms with Crippen LogP contribution in [-0.2, 0) is 13.9 Å². The Hall–Kier alpha value is 1.06. The number of carbonyl (C=O) groups excluding carboxylic acids is 1. The second-order valence-electron chi connectivity index (χ2n) is 6.65. The van der Waals surface area contributed by atoms with Crippen LogP contribution in [0.1, 0.15) is 84.0 Å². The SMILES string of the molecule is CCCCCC=CCC=CCCCCCCCC(=O)NCCOP(=O)(O)O.[Na].[Na]. The number of hydrogen-bond donors (Lipinski definition) is 3. The van der Waals surface area contributed by atoms with Crippen molar-refractivity contribution in [1.29, 1.82) is 0 Å². The van der Waals surface area contributed by atoms with Gasteiger partial charge < -0.3 is 15.1 Å². The Balaban J connectivity index is -0.00000338.